The summed E-state index contributed by atoms with van der Waals surface area (Å²) in [5, 5.41) is 8.52. The van der Waals surface area contributed by atoms with Gasteiger partial charge in [-0.2, -0.15) is 0 Å². The molecular weight excluding hydrogens is 445 g/mol. The Labute approximate surface area is 166 Å². The molecule has 8 heteroatoms. The summed E-state index contributed by atoms with van der Waals surface area (Å²) in [4.78, 5) is 14.3. The molecule has 2 fully saturated rings. The van der Waals surface area contributed by atoms with Gasteiger partial charge in [-0.15, -0.1) is 5.10 Å². The summed E-state index contributed by atoms with van der Waals surface area (Å²) in [5.74, 6) is 0.815. The lowest BCUT2D eigenvalue weighted by Crippen LogP contribution is -2.37. The monoisotopic (exact) mass is 467 g/mol. The van der Waals surface area contributed by atoms with Gasteiger partial charge in [0.2, 0.25) is 0 Å². The minimum Gasteiger partial charge on any atom is -0.445 e. The maximum atomic E-state index is 12.5. The highest BCUT2D eigenvalue weighted by molar-refractivity contribution is 14.1. The van der Waals surface area contributed by atoms with Crippen molar-refractivity contribution in [3.63, 3.8) is 0 Å². The average molecular weight is 467 g/mol. The number of amides is 1. The predicted molar refractivity (Wildman–Crippen MR) is 105 cm³/mol. The van der Waals surface area contributed by atoms with Gasteiger partial charge in [0.15, 0.2) is 0 Å². The van der Waals surface area contributed by atoms with Gasteiger partial charge in [-0.3, -0.25) is 0 Å². The molecule has 138 valence electrons. The minimum absolute atomic E-state index is 0.140. The van der Waals surface area contributed by atoms with E-state index < -0.39 is 0 Å². The van der Waals surface area contributed by atoms with Crippen LogP contribution in [0.1, 0.15) is 17.7 Å². The fourth-order valence-electron chi connectivity index (χ4n) is 4.31. The summed E-state index contributed by atoms with van der Waals surface area (Å²) in [7, 11) is 0. The standard InChI is InChI=1S/C18H22IN5O2/c19-12-24-9-16(21-22-24)18(11-20)14-6-7-23(8-15(14)18)17(25)26-10-13-4-2-1-3-5-13/h1-5,9,14-15H,6-8,10-12,20H2. The molecule has 1 saturated carbocycles. The van der Waals surface area contributed by atoms with E-state index in [1.807, 2.05) is 46.1 Å². The Kier molecular flexibility index (Phi) is 4.87. The van der Waals surface area contributed by atoms with Crippen LogP contribution < -0.4 is 5.73 Å². The Morgan fingerprint density at radius 1 is 1.35 bits per heavy atom. The maximum absolute atomic E-state index is 12.5. The number of benzene rings is 1. The number of rotatable bonds is 5. The maximum Gasteiger partial charge on any atom is 0.410 e. The van der Waals surface area contributed by atoms with Gasteiger partial charge in [-0.1, -0.05) is 58.1 Å². The molecular formula is C18H22IN5O2. The van der Waals surface area contributed by atoms with Gasteiger partial charge in [0.25, 0.3) is 0 Å². The van der Waals surface area contributed by atoms with Gasteiger partial charge in [0.1, 0.15) is 6.61 Å². The second kappa shape index (κ2) is 7.15. The SMILES string of the molecule is NCC1(c2cn(CI)nn2)C2CCN(C(=O)OCc3ccccc3)CC21. The van der Waals surface area contributed by atoms with Crippen molar-refractivity contribution in [2.45, 2.75) is 23.0 Å². The van der Waals surface area contributed by atoms with E-state index in [9.17, 15) is 4.79 Å². The molecule has 1 saturated heterocycles. The molecule has 2 aromatic rings. The highest BCUT2D eigenvalue weighted by Gasteiger charge is 2.67. The number of aromatic nitrogens is 3. The molecule has 7 nitrogen and oxygen atoms in total. The Hall–Kier alpha value is -1.68. The fourth-order valence-corrected chi connectivity index (χ4v) is 4.64. The fraction of sp³-hybridized carbons (Fsp3) is 0.500. The molecule has 1 aromatic heterocycles. The molecule has 3 atom stereocenters. The first kappa shape index (κ1) is 17.7. The Morgan fingerprint density at radius 2 is 2.15 bits per heavy atom. The lowest BCUT2D eigenvalue weighted by atomic mass is 9.98. The number of piperidine rings is 1. The van der Waals surface area contributed by atoms with Crippen molar-refractivity contribution in [1.29, 1.82) is 0 Å². The number of hydrogen-bond donors (Lipinski definition) is 1. The van der Waals surface area contributed by atoms with E-state index in [-0.39, 0.29) is 11.5 Å². The smallest absolute Gasteiger partial charge is 0.410 e. The molecule has 2 aliphatic rings. The summed E-state index contributed by atoms with van der Waals surface area (Å²) in [5.41, 5.74) is 7.97. The Bertz CT molecular complexity index is 783. The molecule has 3 unspecified atom stereocenters. The quantitative estimate of drug-likeness (QED) is 0.538. The van der Waals surface area contributed by atoms with E-state index in [1.54, 1.807) is 0 Å². The van der Waals surface area contributed by atoms with E-state index in [1.165, 1.54) is 0 Å². The van der Waals surface area contributed by atoms with Gasteiger partial charge in [0.05, 0.1) is 10.2 Å². The molecule has 2 heterocycles. The van der Waals surface area contributed by atoms with Crippen LogP contribution in [0.2, 0.25) is 0 Å². The molecule has 1 aromatic carbocycles. The van der Waals surface area contributed by atoms with Gasteiger partial charge >= 0.3 is 6.09 Å². The number of likely N-dealkylation sites (tertiary alicyclic amines) is 1. The predicted octanol–water partition coefficient (Wildman–Crippen LogP) is 2.16. The third-order valence-corrected chi connectivity index (χ3v) is 6.47. The van der Waals surface area contributed by atoms with Crippen LogP contribution in [-0.4, -0.2) is 45.6 Å². The van der Waals surface area contributed by atoms with Crippen LogP contribution in [0.3, 0.4) is 0 Å². The van der Waals surface area contributed by atoms with Crippen molar-refractivity contribution in [2.75, 3.05) is 19.6 Å². The summed E-state index contributed by atoms with van der Waals surface area (Å²) < 4.78 is 8.07. The topological polar surface area (TPSA) is 86.3 Å². The zero-order valence-electron chi connectivity index (χ0n) is 14.4. The van der Waals surface area contributed by atoms with Crippen molar-refractivity contribution in [3.8, 4) is 0 Å². The second-order valence-corrected chi connectivity index (χ2v) is 7.68. The number of halogens is 1. The van der Waals surface area contributed by atoms with Gasteiger partial charge in [-0.05, 0) is 23.8 Å². The molecule has 4 rings (SSSR count). The lowest BCUT2D eigenvalue weighted by molar-refractivity contribution is 0.0876. The molecule has 26 heavy (non-hydrogen) atoms. The third-order valence-electron chi connectivity index (χ3n) is 5.77. The van der Waals surface area contributed by atoms with Crippen molar-refractivity contribution < 1.29 is 9.53 Å². The number of carbonyl (C=O) groups is 1. The van der Waals surface area contributed by atoms with Gasteiger partial charge < -0.3 is 15.4 Å². The molecule has 1 amide bonds. The van der Waals surface area contributed by atoms with Crippen LogP contribution >= 0.6 is 22.6 Å². The normalized spacial score (nSPS) is 27.1. The van der Waals surface area contributed by atoms with Crippen LogP contribution in [0.25, 0.3) is 0 Å². The number of nitrogens with zero attached hydrogens (tertiary/aromatic N) is 4. The van der Waals surface area contributed by atoms with E-state index in [0.29, 0.717) is 38.1 Å². The van der Waals surface area contributed by atoms with Gasteiger partial charge in [-0.25, -0.2) is 9.48 Å². The van der Waals surface area contributed by atoms with Crippen LogP contribution in [0.4, 0.5) is 4.79 Å². The zero-order chi connectivity index (χ0) is 18.1. The number of fused-ring (bicyclic) bond motifs is 1. The summed E-state index contributed by atoms with van der Waals surface area (Å²) in [6, 6.07) is 9.74. The second-order valence-electron chi connectivity index (χ2n) is 7.00. The average Bonchev–Trinajstić information content (AvgIpc) is 3.09. The lowest BCUT2D eigenvalue weighted by Gasteiger charge is -2.25. The first-order valence-electron chi connectivity index (χ1n) is 8.81. The van der Waals surface area contributed by atoms with Crippen LogP contribution in [0.5, 0.6) is 0 Å². The summed E-state index contributed by atoms with van der Waals surface area (Å²) in [6.45, 7) is 2.22. The zero-order valence-corrected chi connectivity index (χ0v) is 16.6. The third kappa shape index (κ3) is 2.98. The van der Waals surface area contributed by atoms with Crippen molar-refractivity contribution >= 4 is 28.7 Å². The van der Waals surface area contributed by atoms with E-state index in [4.69, 9.17) is 10.5 Å². The molecule has 2 N–H and O–H groups in total. The molecule has 0 bridgehead atoms. The summed E-state index contributed by atoms with van der Waals surface area (Å²) >= 11 is 2.25. The first-order valence-corrected chi connectivity index (χ1v) is 10.3. The summed E-state index contributed by atoms with van der Waals surface area (Å²) in [6.07, 6.45) is 2.68. The van der Waals surface area contributed by atoms with E-state index in [0.717, 1.165) is 22.2 Å². The number of hydrogen-bond acceptors (Lipinski definition) is 5. The van der Waals surface area contributed by atoms with Gasteiger partial charge in [0, 0.05) is 31.2 Å². The minimum atomic E-state index is -0.249. The van der Waals surface area contributed by atoms with E-state index in [2.05, 4.69) is 32.9 Å². The van der Waals surface area contributed by atoms with Crippen molar-refractivity contribution in [1.82, 2.24) is 19.9 Å². The Balaban J connectivity index is 1.40. The van der Waals surface area contributed by atoms with Crippen LogP contribution in [0.15, 0.2) is 36.5 Å². The highest BCUT2D eigenvalue weighted by atomic mass is 127. The molecule has 0 radical (unpaired) electrons. The molecule has 1 aliphatic carbocycles. The molecule has 1 aliphatic heterocycles. The highest BCUT2D eigenvalue weighted by Crippen LogP contribution is 2.62. The van der Waals surface area contributed by atoms with E-state index >= 15 is 0 Å². The van der Waals surface area contributed by atoms with Crippen molar-refractivity contribution in [2.24, 2.45) is 17.6 Å². The number of alkyl halides is 1. The Morgan fingerprint density at radius 3 is 2.85 bits per heavy atom. The number of nitrogens with two attached hydrogens (primary N) is 1. The number of ether oxygens (including phenoxy) is 1. The van der Waals surface area contributed by atoms with Crippen LogP contribution in [-0.2, 0) is 21.3 Å². The van der Waals surface area contributed by atoms with Crippen molar-refractivity contribution in [3.05, 3.63) is 47.8 Å². The first-order chi connectivity index (χ1) is 12.7. The number of carbonyl (C=O) groups excluding carboxylic acids is 1. The molecule has 0 spiro atoms. The van der Waals surface area contributed by atoms with Crippen LogP contribution in [0, 0.1) is 11.8 Å². The largest absolute Gasteiger partial charge is 0.445 e.